The summed E-state index contributed by atoms with van der Waals surface area (Å²) in [6.45, 7) is 4.39. The number of methoxy groups -OCH3 is 3. The summed E-state index contributed by atoms with van der Waals surface area (Å²) in [6.07, 6.45) is 1.79. The number of carbonyl (C=O) groups is 2. The fourth-order valence-electron chi connectivity index (χ4n) is 3.64. The zero-order valence-electron chi connectivity index (χ0n) is 19.4. The van der Waals surface area contributed by atoms with Crippen LogP contribution in [0.2, 0.25) is 0 Å². The number of para-hydroxylation sites is 1. The number of allylic oxidation sites excluding steroid dienone is 1. The van der Waals surface area contributed by atoms with E-state index in [0.29, 0.717) is 34.4 Å². The number of benzene rings is 2. The molecule has 0 aliphatic heterocycles. The van der Waals surface area contributed by atoms with Gasteiger partial charge in [-0.3, -0.25) is 4.79 Å². The molecule has 0 atom stereocenters. The summed E-state index contributed by atoms with van der Waals surface area (Å²) >= 11 is 1.13. The highest BCUT2D eigenvalue weighted by Gasteiger charge is 2.20. The summed E-state index contributed by atoms with van der Waals surface area (Å²) < 4.78 is 17.4. The lowest BCUT2D eigenvalue weighted by atomic mass is 10.1. The van der Waals surface area contributed by atoms with E-state index in [1.807, 2.05) is 28.8 Å². The van der Waals surface area contributed by atoms with Crippen LogP contribution in [0.3, 0.4) is 0 Å². The number of anilines is 1. The molecule has 4 aromatic rings. The minimum atomic E-state index is -0.623. The maximum absolute atomic E-state index is 12.7. The topological polar surface area (TPSA) is 117 Å². The number of rotatable bonds is 9. The highest BCUT2D eigenvalue weighted by molar-refractivity contribution is 7.99. The molecule has 0 unspecified atom stereocenters. The van der Waals surface area contributed by atoms with Crippen LogP contribution in [-0.4, -0.2) is 58.7 Å². The van der Waals surface area contributed by atoms with E-state index in [9.17, 15) is 9.59 Å². The van der Waals surface area contributed by atoms with E-state index >= 15 is 0 Å². The number of fused-ring (bicyclic) bond motifs is 3. The lowest BCUT2D eigenvalue weighted by Gasteiger charge is -2.14. The number of ether oxygens (including phenoxy) is 3. The number of thioether (sulfide) groups is 1. The molecular weight excluding hydrogens is 470 g/mol. The van der Waals surface area contributed by atoms with Gasteiger partial charge < -0.3 is 24.1 Å². The molecule has 1 amide bonds. The SMILES string of the molecule is C=CCn1c2ccccc2c2nnc(SCC(=O)Nc3cc(OC)c(OC)cc3C(=O)OC)nc21. The van der Waals surface area contributed by atoms with Gasteiger partial charge in [0, 0.05) is 24.1 Å². The molecule has 4 rings (SSSR count). The van der Waals surface area contributed by atoms with Gasteiger partial charge >= 0.3 is 5.97 Å². The molecule has 0 aliphatic rings. The summed E-state index contributed by atoms with van der Waals surface area (Å²) in [5.41, 5.74) is 2.70. The Hall–Kier alpha value is -4.12. The van der Waals surface area contributed by atoms with E-state index in [0.717, 1.165) is 22.7 Å². The maximum Gasteiger partial charge on any atom is 0.340 e. The van der Waals surface area contributed by atoms with Crippen LogP contribution in [0, 0.1) is 0 Å². The van der Waals surface area contributed by atoms with Gasteiger partial charge in [-0.15, -0.1) is 16.8 Å². The van der Waals surface area contributed by atoms with Gasteiger partial charge in [0.2, 0.25) is 11.1 Å². The molecule has 1 N–H and O–H groups in total. The molecule has 2 aromatic heterocycles. The second kappa shape index (κ2) is 10.4. The van der Waals surface area contributed by atoms with Gasteiger partial charge in [-0.25, -0.2) is 9.78 Å². The van der Waals surface area contributed by atoms with E-state index < -0.39 is 5.97 Å². The zero-order chi connectivity index (χ0) is 24.9. The molecule has 0 saturated heterocycles. The molecule has 0 radical (unpaired) electrons. The normalized spacial score (nSPS) is 10.8. The monoisotopic (exact) mass is 493 g/mol. The number of carbonyl (C=O) groups excluding carboxylic acids is 2. The zero-order valence-corrected chi connectivity index (χ0v) is 20.2. The first kappa shape index (κ1) is 24.0. The largest absolute Gasteiger partial charge is 0.493 e. The van der Waals surface area contributed by atoms with Crippen molar-refractivity contribution in [2.24, 2.45) is 0 Å². The van der Waals surface area contributed by atoms with Crippen LogP contribution in [0.4, 0.5) is 5.69 Å². The third-order valence-corrected chi connectivity index (χ3v) is 6.04. The Balaban J connectivity index is 1.56. The number of aromatic nitrogens is 4. The quantitative estimate of drug-likeness (QED) is 0.212. The van der Waals surface area contributed by atoms with Gasteiger partial charge in [-0.2, -0.15) is 0 Å². The van der Waals surface area contributed by atoms with Crippen molar-refractivity contribution in [1.82, 2.24) is 19.7 Å². The Bertz CT molecular complexity index is 1440. The first-order chi connectivity index (χ1) is 17.0. The number of nitrogens with one attached hydrogen (secondary N) is 1. The third kappa shape index (κ3) is 4.76. The van der Waals surface area contributed by atoms with E-state index in [1.54, 1.807) is 6.08 Å². The van der Waals surface area contributed by atoms with Crippen LogP contribution in [0.5, 0.6) is 11.5 Å². The van der Waals surface area contributed by atoms with Gasteiger partial charge in [0.1, 0.15) is 5.52 Å². The second-order valence-corrected chi connectivity index (χ2v) is 8.21. The van der Waals surface area contributed by atoms with Gasteiger partial charge in [-0.1, -0.05) is 36.0 Å². The average Bonchev–Trinajstić information content (AvgIpc) is 3.20. The lowest BCUT2D eigenvalue weighted by molar-refractivity contribution is -0.113. The first-order valence-electron chi connectivity index (χ1n) is 10.5. The van der Waals surface area contributed by atoms with Crippen LogP contribution in [0.1, 0.15) is 10.4 Å². The van der Waals surface area contributed by atoms with Gasteiger partial charge in [0.05, 0.1) is 43.8 Å². The van der Waals surface area contributed by atoms with Crippen molar-refractivity contribution in [3.63, 3.8) is 0 Å². The molecule has 0 fully saturated rings. The molecular formula is C24H23N5O5S. The van der Waals surface area contributed by atoms with Crippen LogP contribution >= 0.6 is 11.8 Å². The Labute approximate surface area is 205 Å². The van der Waals surface area contributed by atoms with Gasteiger partial charge in [0.25, 0.3) is 0 Å². The van der Waals surface area contributed by atoms with Crippen LogP contribution in [0.15, 0.2) is 54.2 Å². The molecule has 0 aliphatic carbocycles. The third-order valence-electron chi connectivity index (χ3n) is 5.20. The smallest absolute Gasteiger partial charge is 0.340 e. The summed E-state index contributed by atoms with van der Waals surface area (Å²) in [7, 11) is 4.17. The highest BCUT2D eigenvalue weighted by Crippen LogP contribution is 2.34. The molecule has 180 valence electrons. The Morgan fingerprint density at radius 3 is 2.57 bits per heavy atom. The van der Waals surface area contributed by atoms with E-state index in [1.165, 1.54) is 33.5 Å². The summed E-state index contributed by atoms with van der Waals surface area (Å²) in [6, 6.07) is 10.8. The number of hydrogen-bond donors (Lipinski definition) is 1. The second-order valence-electron chi connectivity index (χ2n) is 7.26. The predicted octanol–water partition coefficient (Wildman–Crippen LogP) is 3.70. The van der Waals surface area contributed by atoms with Crippen molar-refractivity contribution in [1.29, 1.82) is 0 Å². The number of nitrogens with zero attached hydrogens (tertiary/aromatic N) is 4. The van der Waals surface area contributed by atoms with Crippen LogP contribution in [0.25, 0.3) is 22.1 Å². The van der Waals surface area contributed by atoms with E-state index in [2.05, 4.69) is 27.1 Å². The Morgan fingerprint density at radius 2 is 1.86 bits per heavy atom. The fraction of sp³-hybridized carbons (Fsp3) is 0.208. The Kier molecular flexibility index (Phi) is 7.16. The van der Waals surface area contributed by atoms with Gasteiger partial charge in [0.15, 0.2) is 17.1 Å². The van der Waals surface area contributed by atoms with Crippen molar-refractivity contribution in [2.45, 2.75) is 11.7 Å². The molecule has 35 heavy (non-hydrogen) atoms. The Morgan fingerprint density at radius 1 is 1.11 bits per heavy atom. The minimum absolute atomic E-state index is 0.0101. The number of esters is 1. The molecule has 11 heteroatoms. The molecule has 2 heterocycles. The summed E-state index contributed by atoms with van der Waals surface area (Å²) in [4.78, 5) is 29.6. The number of amides is 1. The summed E-state index contributed by atoms with van der Waals surface area (Å²) in [5.74, 6) is -0.312. The van der Waals surface area contributed by atoms with E-state index in [4.69, 9.17) is 14.2 Å². The fourth-order valence-corrected chi connectivity index (χ4v) is 4.22. The maximum atomic E-state index is 12.7. The number of hydrogen-bond acceptors (Lipinski definition) is 9. The van der Waals surface area contributed by atoms with Gasteiger partial charge in [-0.05, 0) is 6.07 Å². The summed E-state index contributed by atoms with van der Waals surface area (Å²) in [5, 5.41) is 12.6. The average molecular weight is 494 g/mol. The van der Waals surface area contributed by atoms with Crippen molar-refractivity contribution in [2.75, 3.05) is 32.4 Å². The molecule has 10 nitrogen and oxygen atoms in total. The van der Waals surface area contributed by atoms with Crippen molar-refractivity contribution in [3.05, 3.63) is 54.6 Å². The lowest BCUT2D eigenvalue weighted by Crippen LogP contribution is -2.17. The minimum Gasteiger partial charge on any atom is -0.493 e. The molecule has 0 spiro atoms. The van der Waals surface area contributed by atoms with Crippen molar-refractivity contribution >= 4 is 51.4 Å². The molecule has 0 saturated carbocycles. The first-order valence-corrected chi connectivity index (χ1v) is 11.5. The van der Waals surface area contributed by atoms with Crippen LogP contribution in [-0.2, 0) is 16.1 Å². The van der Waals surface area contributed by atoms with Crippen molar-refractivity contribution in [3.8, 4) is 11.5 Å². The van der Waals surface area contributed by atoms with E-state index in [-0.39, 0.29) is 22.9 Å². The standard InChI is InChI=1S/C24H23N5O5S/c1-5-10-29-17-9-7-6-8-14(17)21-22(29)26-24(28-27-21)35-13-20(30)25-16-12-19(33-3)18(32-2)11-15(16)23(31)34-4/h5-9,11-12H,1,10,13H2,2-4H3,(H,25,30). The van der Waals surface area contributed by atoms with Crippen LogP contribution < -0.4 is 14.8 Å². The highest BCUT2D eigenvalue weighted by atomic mass is 32.2. The molecule has 0 bridgehead atoms. The predicted molar refractivity (Wildman–Crippen MR) is 133 cm³/mol. The molecule has 2 aromatic carbocycles. The van der Waals surface area contributed by atoms with Crippen molar-refractivity contribution < 1.29 is 23.8 Å².